The van der Waals surface area contributed by atoms with E-state index in [0.717, 1.165) is 5.56 Å². The van der Waals surface area contributed by atoms with E-state index in [1.807, 2.05) is 30.3 Å². The van der Waals surface area contributed by atoms with Crippen molar-refractivity contribution in [2.45, 2.75) is 19.6 Å². The van der Waals surface area contributed by atoms with Gasteiger partial charge in [-0.05, 0) is 36.3 Å². The van der Waals surface area contributed by atoms with E-state index in [-0.39, 0.29) is 17.3 Å². The zero-order chi connectivity index (χ0) is 20.3. The minimum atomic E-state index is -0.753. The van der Waals surface area contributed by atoms with Gasteiger partial charge in [0.25, 0.3) is 0 Å². The fourth-order valence-corrected chi connectivity index (χ4v) is 3.15. The van der Waals surface area contributed by atoms with Crippen molar-refractivity contribution >= 4 is 29.0 Å². The largest absolute Gasteiger partial charge is 0.502 e. The highest BCUT2D eigenvalue weighted by molar-refractivity contribution is 7.80. The maximum atomic E-state index is 12.8. The van der Waals surface area contributed by atoms with E-state index in [1.54, 1.807) is 6.92 Å². The quantitative estimate of drug-likeness (QED) is 0.304. The van der Waals surface area contributed by atoms with Gasteiger partial charge >= 0.3 is 11.7 Å². The number of phenolic OH excluding ortho intramolecular Hbond substituents is 1. The topological polar surface area (TPSA) is 114 Å². The summed E-state index contributed by atoms with van der Waals surface area (Å²) in [6.07, 6.45) is 0. The van der Waals surface area contributed by atoms with Crippen molar-refractivity contribution in [1.82, 2.24) is 10.6 Å². The lowest BCUT2D eigenvalue weighted by Crippen LogP contribution is -2.45. The first-order valence-electron chi connectivity index (χ1n) is 8.33. The molecule has 0 unspecified atom stereocenters. The lowest BCUT2D eigenvalue weighted by Gasteiger charge is -2.29. The molecule has 3 N–H and O–H groups in total. The SMILES string of the molecule is CC1=C(C(=O)OCc2ccccc2)[C@H](c2ccc(O)c([N+](=O)[O-])c2)NC(=S)N1. The fourth-order valence-electron chi connectivity index (χ4n) is 2.88. The molecule has 1 heterocycles. The summed E-state index contributed by atoms with van der Waals surface area (Å²) in [5.74, 6) is -1.04. The summed E-state index contributed by atoms with van der Waals surface area (Å²) in [4.78, 5) is 23.2. The van der Waals surface area contributed by atoms with Gasteiger partial charge in [0.2, 0.25) is 0 Å². The number of carbonyl (C=O) groups excluding carboxylic acids is 1. The third kappa shape index (κ3) is 4.09. The number of allylic oxidation sites excluding steroid dienone is 1. The van der Waals surface area contributed by atoms with Gasteiger partial charge in [0.05, 0.1) is 16.5 Å². The molecule has 2 aromatic rings. The van der Waals surface area contributed by atoms with Crippen LogP contribution in [-0.4, -0.2) is 21.1 Å². The zero-order valence-electron chi connectivity index (χ0n) is 14.8. The number of hydrogen-bond acceptors (Lipinski definition) is 6. The van der Waals surface area contributed by atoms with Crippen LogP contribution in [0.2, 0.25) is 0 Å². The van der Waals surface area contributed by atoms with Crippen LogP contribution in [0.4, 0.5) is 5.69 Å². The Morgan fingerprint density at radius 1 is 1.29 bits per heavy atom. The molecule has 0 amide bonds. The molecule has 0 bridgehead atoms. The van der Waals surface area contributed by atoms with Gasteiger partial charge in [-0.25, -0.2) is 4.79 Å². The fraction of sp³-hybridized carbons (Fsp3) is 0.158. The van der Waals surface area contributed by atoms with Gasteiger partial charge < -0.3 is 20.5 Å². The van der Waals surface area contributed by atoms with E-state index in [9.17, 15) is 20.0 Å². The Bertz CT molecular complexity index is 975. The molecular formula is C19H17N3O5S. The normalized spacial score (nSPS) is 16.2. The highest BCUT2D eigenvalue weighted by Crippen LogP contribution is 2.33. The molecule has 0 aliphatic carbocycles. The minimum absolute atomic E-state index is 0.0867. The molecule has 144 valence electrons. The number of nitro benzene ring substituents is 1. The molecule has 0 saturated heterocycles. The average molecular weight is 399 g/mol. The molecule has 0 fully saturated rings. The molecule has 0 saturated carbocycles. The van der Waals surface area contributed by atoms with Crippen molar-refractivity contribution in [3.05, 3.63) is 81.0 Å². The van der Waals surface area contributed by atoms with Crippen molar-refractivity contribution in [3.8, 4) is 5.75 Å². The number of aromatic hydroxyl groups is 1. The Morgan fingerprint density at radius 3 is 2.68 bits per heavy atom. The van der Waals surface area contributed by atoms with Crippen molar-refractivity contribution < 1.29 is 19.6 Å². The standard InChI is InChI=1S/C19H17N3O5S/c1-11-16(18(24)27-10-12-5-3-2-4-6-12)17(21-19(28)20-11)13-7-8-15(23)14(9-13)22(25)26/h2-9,17,23H,10H2,1H3,(H2,20,21,28)/t17-/m0/s1. The summed E-state index contributed by atoms with van der Waals surface area (Å²) in [5.41, 5.74) is 1.52. The second-order valence-electron chi connectivity index (χ2n) is 6.14. The molecule has 0 aromatic heterocycles. The van der Waals surface area contributed by atoms with Gasteiger partial charge in [-0.2, -0.15) is 0 Å². The summed E-state index contributed by atoms with van der Waals surface area (Å²) in [6, 6.07) is 12.4. The highest BCUT2D eigenvalue weighted by atomic mass is 32.1. The molecular weight excluding hydrogens is 382 g/mol. The van der Waals surface area contributed by atoms with E-state index >= 15 is 0 Å². The van der Waals surface area contributed by atoms with Gasteiger partial charge in [0.1, 0.15) is 6.61 Å². The second-order valence-corrected chi connectivity index (χ2v) is 6.55. The smallest absolute Gasteiger partial charge is 0.338 e. The Hall–Kier alpha value is -3.46. The van der Waals surface area contributed by atoms with Crippen molar-refractivity contribution in [2.24, 2.45) is 0 Å². The molecule has 1 atom stereocenters. The predicted octanol–water partition coefficient (Wildman–Crippen LogP) is 2.84. The lowest BCUT2D eigenvalue weighted by atomic mass is 9.95. The summed E-state index contributed by atoms with van der Waals surface area (Å²) < 4.78 is 5.42. The van der Waals surface area contributed by atoms with E-state index < -0.39 is 28.4 Å². The van der Waals surface area contributed by atoms with E-state index in [2.05, 4.69) is 10.6 Å². The first-order valence-corrected chi connectivity index (χ1v) is 8.74. The number of benzene rings is 2. The van der Waals surface area contributed by atoms with E-state index in [4.69, 9.17) is 17.0 Å². The van der Waals surface area contributed by atoms with Crippen LogP contribution < -0.4 is 10.6 Å². The molecule has 1 aliphatic rings. The van der Waals surface area contributed by atoms with Crippen LogP contribution in [0.3, 0.4) is 0 Å². The molecule has 2 aromatic carbocycles. The molecule has 3 rings (SSSR count). The molecule has 0 spiro atoms. The van der Waals surface area contributed by atoms with Crippen LogP contribution in [0, 0.1) is 10.1 Å². The van der Waals surface area contributed by atoms with Crippen molar-refractivity contribution in [2.75, 3.05) is 0 Å². The summed E-state index contributed by atoms with van der Waals surface area (Å²) in [6.45, 7) is 1.76. The third-order valence-electron chi connectivity index (χ3n) is 4.23. The Morgan fingerprint density at radius 2 is 2.00 bits per heavy atom. The Kier molecular flexibility index (Phi) is 5.55. The predicted molar refractivity (Wildman–Crippen MR) is 105 cm³/mol. The number of hydrogen-bond donors (Lipinski definition) is 3. The Labute approximate surface area is 166 Å². The van der Waals surface area contributed by atoms with Crippen LogP contribution in [0.15, 0.2) is 59.8 Å². The number of ether oxygens (including phenoxy) is 1. The number of nitrogens with one attached hydrogen (secondary N) is 2. The van der Waals surface area contributed by atoms with Gasteiger partial charge in [-0.15, -0.1) is 0 Å². The summed E-state index contributed by atoms with van der Waals surface area (Å²) >= 11 is 5.16. The first kappa shape index (κ1) is 19.3. The number of esters is 1. The number of nitrogens with zero attached hydrogens (tertiary/aromatic N) is 1. The monoisotopic (exact) mass is 399 g/mol. The van der Waals surface area contributed by atoms with Gasteiger partial charge in [-0.1, -0.05) is 36.4 Å². The number of nitro groups is 1. The zero-order valence-corrected chi connectivity index (χ0v) is 15.7. The first-order chi connectivity index (χ1) is 13.4. The number of rotatable bonds is 5. The van der Waals surface area contributed by atoms with Crippen LogP contribution in [0.1, 0.15) is 24.1 Å². The maximum absolute atomic E-state index is 12.8. The molecule has 0 radical (unpaired) electrons. The van der Waals surface area contributed by atoms with Crippen LogP contribution in [-0.2, 0) is 16.1 Å². The van der Waals surface area contributed by atoms with Crippen LogP contribution in [0.5, 0.6) is 5.75 Å². The molecule has 1 aliphatic heterocycles. The lowest BCUT2D eigenvalue weighted by molar-refractivity contribution is -0.385. The van der Waals surface area contributed by atoms with Crippen LogP contribution >= 0.6 is 12.2 Å². The van der Waals surface area contributed by atoms with Crippen molar-refractivity contribution in [3.63, 3.8) is 0 Å². The average Bonchev–Trinajstić information content (AvgIpc) is 2.66. The third-order valence-corrected chi connectivity index (χ3v) is 4.45. The molecule has 9 heteroatoms. The van der Waals surface area contributed by atoms with Gasteiger partial charge in [0.15, 0.2) is 10.9 Å². The van der Waals surface area contributed by atoms with Crippen molar-refractivity contribution in [1.29, 1.82) is 0 Å². The van der Waals surface area contributed by atoms with Crippen LogP contribution in [0.25, 0.3) is 0 Å². The number of phenols is 1. The van der Waals surface area contributed by atoms with E-state index in [0.29, 0.717) is 11.3 Å². The van der Waals surface area contributed by atoms with E-state index in [1.165, 1.54) is 18.2 Å². The molecule has 28 heavy (non-hydrogen) atoms. The summed E-state index contributed by atoms with van der Waals surface area (Å²) in [7, 11) is 0. The van der Waals surface area contributed by atoms with Gasteiger partial charge in [-0.3, -0.25) is 10.1 Å². The minimum Gasteiger partial charge on any atom is -0.502 e. The highest BCUT2D eigenvalue weighted by Gasteiger charge is 2.32. The molecule has 8 nitrogen and oxygen atoms in total. The van der Waals surface area contributed by atoms with Gasteiger partial charge in [0, 0.05) is 11.8 Å². The Balaban J connectivity index is 1.91. The second kappa shape index (κ2) is 8.05. The number of carbonyl (C=O) groups is 1. The number of thiocarbonyl (C=S) groups is 1. The maximum Gasteiger partial charge on any atom is 0.338 e. The summed E-state index contributed by atoms with van der Waals surface area (Å²) in [5, 5.41) is 26.9.